The smallest absolute Gasteiger partial charge is 0.311 e. The van der Waals surface area contributed by atoms with Gasteiger partial charge in [-0.25, -0.2) is 4.98 Å². The fourth-order valence-electron chi connectivity index (χ4n) is 3.24. The third-order valence-corrected chi connectivity index (χ3v) is 4.95. The molecule has 3 heterocycles. The molecule has 0 radical (unpaired) electrons. The van der Waals surface area contributed by atoms with Crippen molar-refractivity contribution in [3.8, 4) is 0 Å². The lowest BCUT2D eigenvalue weighted by molar-refractivity contribution is -0.384. The van der Waals surface area contributed by atoms with Crippen molar-refractivity contribution in [3.63, 3.8) is 0 Å². The van der Waals surface area contributed by atoms with Gasteiger partial charge >= 0.3 is 5.69 Å². The molecule has 1 aromatic rings. The highest BCUT2D eigenvalue weighted by Gasteiger charge is 2.26. The van der Waals surface area contributed by atoms with Crippen molar-refractivity contribution < 1.29 is 4.92 Å². The first kappa shape index (κ1) is 16.0. The second-order valence-corrected chi connectivity index (χ2v) is 6.73. The van der Waals surface area contributed by atoms with Gasteiger partial charge in [0.25, 0.3) is 0 Å². The van der Waals surface area contributed by atoms with Crippen LogP contribution >= 0.6 is 0 Å². The van der Waals surface area contributed by atoms with Crippen LogP contribution in [0, 0.1) is 16.0 Å². The van der Waals surface area contributed by atoms with Gasteiger partial charge in [-0.3, -0.25) is 10.1 Å². The molecule has 126 valence electrons. The molecule has 0 aromatic carbocycles. The zero-order valence-corrected chi connectivity index (χ0v) is 13.9. The van der Waals surface area contributed by atoms with E-state index in [4.69, 9.17) is 0 Å². The van der Waals surface area contributed by atoms with Crippen molar-refractivity contribution >= 4 is 17.3 Å². The fraction of sp³-hybridized carbons (Fsp3) is 0.688. The van der Waals surface area contributed by atoms with E-state index in [1.54, 1.807) is 12.1 Å². The Kier molecular flexibility index (Phi) is 4.66. The van der Waals surface area contributed by atoms with Crippen LogP contribution in [0.4, 0.5) is 17.3 Å². The Morgan fingerprint density at radius 1 is 1.09 bits per heavy atom. The van der Waals surface area contributed by atoms with Crippen molar-refractivity contribution in [2.24, 2.45) is 5.92 Å². The van der Waals surface area contributed by atoms with Gasteiger partial charge in [0.05, 0.1) is 4.92 Å². The number of hydrogen-bond donors (Lipinski definition) is 0. The number of anilines is 2. The van der Waals surface area contributed by atoms with Crippen molar-refractivity contribution in [2.45, 2.75) is 19.8 Å². The predicted molar refractivity (Wildman–Crippen MR) is 91.2 cm³/mol. The van der Waals surface area contributed by atoms with Gasteiger partial charge < -0.3 is 14.7 Å². The summed E-state index contributed by atoms with van der Waals surface area (Å²) in [6.45, 7) is 7.75. The SMILES string of the molecule is CC1CCN(c2nc(N3CCN(C)CC3)ccc2[N+](=O)[O-])CC1. The normalized spacial score (nSPS) is 20.8. The first-order valence-corrected chi connectivity index (χ1v) is 8.38. The molecule has 0 spiro atoms. The second-order valence-electron chi connectivity index (χ2n) is 6.73. The van der Waals surface area contributed by atoms with Gasteiger partial charge in [-0.15, -0.1) is 0 Å². The third kappa shape index (κ3) is 3.55. The number of likely N-dealkylation sites (N-methyl/N-ethyl adjacent to an activating group) is 1. The highest BCUT2D eigenvalue weighted by atomic mass is 16.6. The Hall–Kier alpha value is -1.89. The number of nitro groups is 1. The number of rotatable bonds is 3. The summed E-state index contributed by atoms with van der Waals surface area (Å²) in [5.41, 5.74) is 0.123. The average molecular weight is 319 g/mol. The Balaban J connectivity index is 1.86. The predicted octanol–water partition coefficient (Wildman–Crippen LogP) is 1.98. The molecular weight excluding hydrogens is 294 g/mol. The summed E-state index contributed by atoms with van der Waals surface area (Å²) in [7, 11) is 2.11. The maximum absolute atomic E-state index is 11.4. The van der Waals surface area contributed by atoms with Gasteiger partial charge in [-0.05, 0) is 31.9 Å². The van der Waals surface area contributed by atoms with Crippen LogP contribution in [-0.4, -0.2) is 61.1 Å². The molecule has 2 fully saturated rings. The number of piperazine rings is 1. The standard InChI is InChI=1S/C16H25N5O2/c1-13-5-7-20(8-6-13)16-14(21(22)23)3-4-15(17-16)19-11-9-18(2)10-12-19/h3-4,13H,5-12H2,1-2H3. The summed E-state index contributed by atoms with van der Waals surface area (Å²) in [4.78, 5) is 22.3. The quantitative estimate of drug-likeness (QED) is 0.627. The summed E-state index contributed by atoms with van der Waals surface area (Å²) in [6.07, 6.45) is 2.13. The van der Waals surface area contributed by atoms with Gasteiger partial charge in [-0.1, -0.05) is 6.92 Å². The Bertz CT molecular complexity index is 564. The maximum atomic E-state index is 11.4. The van der Waals surface area contributed by atoms with E-state index >= 15 is 0 Å². The zero-order valence-electron chi connectivity index (χ0n) is 13.9. The number of aromatic nitrogens is 1. The molecule has 7 heteroatoms. The highest BCUT2D eigenvalue weighted by Crippen LogP contribution is 2.32. The van der Waals surface area contributed by atoms with Crippen LogP contribution in [0.3, 0.4) is 0 Å². The van der Waals surface area contributed by atoms with Crippen LogP contribution in [0.25, 0.3) is 0 Å². The summed E-state index contributed by atoms with van der Waals surface area (Å²) >= 11 is 0. The van der Waals surface area contributed by atoms with E-state index in [2.05, 4.69) is 33.7 Å². The Morgan fingerprint density at radius 3 is 2.35 bits per heavy atom. The zero-order chi connectivity index (χ0) is 16.4. The lowest BCUT2D eigenvalue weighted by Gasteiger charge is -2.34. The number of hydrogen-bond acceptors (Lipinski definition) is 6. The summed E-state index contributed by atoms with van der Waals surface area (Å²) in [6, 6.07) is 3.41. The van der Waals surface area contributed by atoms with Crippen molar-refractivity contribution in [1.29, 1.82) is 0 Å². The molecule has 0 saturated carbocycles. The van der Waals surface area contributed by atoms with E-state index < -0.39 is 0 Å². The lowest BCUT2D eigenvalue weighted by atomic mass is 9.99. The lowest BCUT2D eigenvalue weighted by Crippen LogP contribution is -2.45. The second kappa shape index (κ2) is 6.70. The van der Waals surface area contributed by atoms with Crippen LogP contribution in [0.1, 0.15) is 19.8 Å². The van der Waals surface area contributed by atoms with E-state index in [1.807, 2.05) is 0 Å². The molecule has 0 amide bonds. The van der Waals surface area contributed by atoms with Gasteiger partial charge in [0.2, 0.25) is 5.82 Å². The fourth-order valence-corrected chi connectivity index (χ4v) is 3.24. The molecular formula is C16H25N5O2. The van der Waals surface area contributed by atoms with E-state index in [0.29, 0.717) is 11.7 Å². The van der Waals surface area contributed by atoms with Crippen LogP contribution in [-0.2, 0) is 0 Å². The van der Waals surface area contributed by atoms with E-state index in [-0.39, 0.29) is 10.6 Å². The van der Waals surface area contributed by atoms with Crippen LogP contribution in [0.15, 0.2) is 12.1 Å². The van der Waals surface area contributed by atoms with Gasteiger partial charge in [-0.2, -0.15) is 0 Å². The van der Waals surface area contributed by atoms with Gasteiger partial charge in [0.1, 0.15) is 5.82 Å². The Labute approximate surface area is 137 Å². The van der Waals surface area contributed by atoms with Crippen LogP contribution in [0.2, 0.25) is 0 Å². The first-order valence-electron chi connectivity index (χ1n) is 8.38. The number of piperidine rings is 1. The molecule has 3 rings (SSSR count). The molecule has 0 aliphatic carbocycles. The number of nitrogens with zero attached hydrogens (tertiary/aromatic N) is 5. The van der Waals surface area contributed by atoms with Crippen LogP contribution in [0.5, 0.6) is 0 Å². The minimum absolute atomic E-state index is 0.123. The molecule has 0 unspecified atom stereocenters. The van der Waals surface area contributed by atoms with Crippen molar-refractivity contribution in [1.82, 2.24) is 9.88 Å². The summed E-state index contributed by atoms with van der Waals surface area (Å²) in [5, 5.41) is 11.4. The monoisotopic (exact) mass is 319 g/mol. The molecule has 0 N–H and O–H groups in total. The van der Waals surface area contributed by atoms with Crippen molar-refractivity contribution in [3.05, 3.63) is 22.2 Å². The third-order valence-electron chi connectivity index (χ3n) is 4.95. The molecule has 2 aliphatic rings. The summed E-state index contributed by atoms with van der Waals surface area (Å²) < 4.78 is 0. The molecule has 0 bridgehead atoms. The van der Waals surface area contributed by atoms with E-state index in [0.717, 1.165) is 57.9 Å². The minimum atomic E-state index is -0.311. The highest BCUT2D eigenvalue weighted by molar-refractivity contribution is 5.62. The first-order chi connectivity index (χ1) is 11.0. The average Bonchev–Trinajstić information content (AvgIpc) is 2.55. The van der Waals surface area contributed by atoms with Crippen molar-refractivity contribution in [2.75, 3.05) is 56.1 Å². The molecule has 2 aliphatic heterocycles. The van der Waals surface area contributed by atoms with Gasteiger partial charge in [0, 0.05) is 45.3 Å². The molecule has 1 aromatic heterocycles. The van der Waals surface area contributed by atoms with E-state index in [1.165, 1.54) is 0 Å². The minimum Gasteiger partial charge on any atom is -0.354 e. The van der Waals surface area contributed by atoms with Crippen LogP contribution < -0.4 is 9.80 Å². The number of pyridine rings is 1. The molecule has 23 heavy (non-hydrogen) atoms. The molecule has 2 saturated heterocycles. The maximum Gasteiger partial charge on any atom is 0.311 e. The summed E-state index contributed by atoms with van der Waals surface area (Å²) in [5.74, 6) is 2.08. The molecule has 7 nitrogen and oxygen atoms in total. The van der Waals surface area contributed by atoms with Gasteiger partial charge in [0.15, 0.2) is 0 Å². The topological polar surface area (TPSA) is 65.8 Å². The largest absolute Gasteiger partial charge is 0.354 e. The van der Waals surface area contributed by atoms with E-state index in [9.17, 15) is 10.1 Å². The molecule has 0 atom stereocenters. The Morgan fingerprint density at radius 2 is 1.74 bits per heavy atom.